The number of hydrogen-bond donors (Lipinski definition) is 3. The molecular weight excluding hydrogens is 362 g/mol. The molecule has 0 aliphatic heterocycles. The van der Waals surface area contributed by atoms with Gasteiger partial charge in [-0.15, -0.1) is 0 Å². The monoisotopic (exact) mass is 387 g/mol. The van der Waals surface area contributed by atoms with Crippen LogP contribution in [-0.4, -0.2) is 18.5 Å². The van der Waals surface area contributed by atoms with E-state index in [4.69, 9.17) is 5.73 Å². The van der Waals surface area contributed by atoms with E-state index in [1.165, 1.54) is 11.1 Å². The number of aryl methyl sites for hydroxylation is 1. The number of benzene rings is 3. The van der Waals surface area contributed by atoms with E-state index in [1.54, 1.807) is 18.2 Å². The van der Waals surface area contributed by atoms with E-state index in [0.717, 1.165) is 12.0 Å². The van der Waals surface area contributed by atoms with Gasteiger partial charge in [-0.25, -0.2) is 4.79 Å². The highest BCUT2D eigenvalue weighted by atomic mass is 16.2. The molecular formula is C24H25N3O2. The van der Waals surface area contributed by atoms with E-state index >= 15 is 0 Å². The average molecular weight is 387 g/mol. The average Bonchev–Trinajstić information content (AvgIpc) is 2.74. The van der Waals surface area contributed by atoms with Gasteiger partial charge >= 0.3 is 6.03 Å². The molecule has 0 fully saturated rings. The number of rotatable bonds is 7. The SMILES string of the molecule is Cc1ccc(C(N)=O)cc1NC(=O)NCCC(c1ccccc1)c1ccccc1. The third kappa shape index (κ3) is 5.45. The Kier molecular flexibility index (Phi) is 6.63. The van der Waals surface area contributed by atoms with E-state index in [-0.39, 0.29) is 11.9 Å². The maximum atomic E-state index is 12.4. The Labute approximate surface area is 170 Å². The van der Waals surface area contributed by atoms with Crippen LogP contribution in [-0.2, 0) is 0 Å². The van der Waals surface area contributed by atoms with Gasteiger partial charge in [0.1, 0.15) is 0 Å². The van der Waals surface area contributed by atoms with Gasteiger partial charge in [0, 0.05) is 23.7 Å². The van der Waals surface area contributed by atoms with Crippen LogP contribution < -0.4 is 16.4 Å². The fraction of sp³-hybridized carbons (Fsp3) is 0.167. The zero-order chi connectivity index (χ0) is 20.6. The fourth-order valence-corrected chi connectivity index (χ4v) is 3.30. The lowest BCUT2D eigenvalue weighted by molar-refractivity contribution is 0.1000. The summed E-state index contributed by atoms with van der Waals surface area (Å²) in [5.41, 5.74) is 9.54. The van der Waals surface area contributed by atoms with Crippen LogP contribution in [0.15, 0.2) is 78.9 Å². The van der Waals surface area contributed by atoms with Gasteiger partial charge in [0.15, 0.2) is 0 Å². The molecule has 3 rings (SSSR count). The maximum absolute atomic E-state index is 12.4. The molecule has 148 valence electrons. The molecule has 0 aliphatic rings. The normalized spacial score (nSPS) is 10.6. The lowest BCUT2D eigenvalue weighted by Crippen LogP contribution is -2.30. The molecule has 0 aliphatic carbocycles. The van der Waals surface area contributed by atoms with Crippen LogP contribution in [0.2, 0.25) is 0 Å². The van der Waals surface area contributed by atoms with Crippen molar-refractivity contribution in [3.8, 4) is 0 Å². The zero-order valence-corrected chi connectivity index (χ0v) is 16.4. The molecule has 3 aromatic carbocycles. The van der Waals surface area contributed by atoms with Gasteiger partial charge < -0.3 is 16.4 Å². The van der Waals surface area contributed by atoms with Crippen molar-refractivity contribution in [2.75, 3.05) is 11.9 Å². The number of nitrogens with one attached hydrogen (secondary N) is 2. The van der Waals surface area contributed by atoms with E-state index in [1.807, 2.05) is 43.3 Å². The summed E-state index contributed by atoms with van der Waals surface area (Å²) in [7, 11) is 0. The predicted octanol–water partition coefficient (Wildman–Crippen LogP) is 4.44. The number of urea groups is 1. The van der Waals surface area contributed by atoms with Crippen molar-refractivity contribution < 1.29 is 9.59 Å². The van der Waals surface area contributed by atoms with Gasteiger partial charge in [-0.2, -0.15) is 0 Å². The largest absolute Gasteiger partial charge is 0.366 e. The number of primary amides is 1. The number of hydrogen-bond acceptors (Lipinski definition) is 2. The van der Waals surface area contributed by atoms with Crippen LogP contribution in [0.4, 0.5) is 10.5 Å². The summed E-state index contributed by atoms with van der Waals surface area (Å²) in [5, 5.41) is 5.71. The summed E-state index contributed by atoms with van der Waals surface area (Å²) in [6.45, 7) is 2.37. The second kappa shape index (κ2) is 9.55. The fourth-order valence-electron chi connectivity index (χ4n) is 3.30. The molecule has 3 aromatic rings. The minimum absolute atomic E-state index is 0.192. The molecule has 0 saturated carbocycles. The third-order valence-electron chi connectivity index (χ3n) is 4.89. The third-order valence-corrected chi connectivity index (χ3v) is 4.89. The summed E-state index contributed by atoms with van der Waals surface area (Å²) in [4.78, 5) is 23.7. The Balaban J connectivity index is 1.63. The molecule has 0 heterocycles. The Hall–Kier alpha value is -3.60. The number of nitrogens with two attached hydrogens (primary N) is 1. The van der Waals surface area contributed by atoms with E-state index < -0.39 is 5.91 Å². The Morgan fingerprint density at radius 2 is 1.48 bits per heavy atom. The van der Waals surface area contributed by atoms with E-state index in [2.05, 4.69) is 34.9 Å². The standard InChI is InChI=1S/C24H25N3O2/c1-17-12-13-20(23(25)28)16-22(17)27-24(29)26-15-14-21(18-8-4-2-5-9-18)19-10-6-3-7-11-19/h2-13,16,21H,14-15H2,1H3,(H2,25,28)(H2,26,27,29). The molecule has 0 unspecified atom stereocenters. The highest BCUT2D eigenvalue weighted by Gasteiger charge is 2.14. The van der Waals surface area contributed by atoms with E-state index in [0.29, 0.717) is 17.8 Å². The maximum Gasteiger partial charge on any atom is 0.319 e. The van der Waals surface area contributed by atoms with Crippen molar-refractivity contribution in [3.63, 3.8) is 0 Å². The minimum atomic E-state index is -0.526. The first-order valence-corrected chi connectivity index (χ1v) is 9.60. The number of carbonyl (C=O) groups excluding carboxylic acids is 2. The molecule has 0 saturated heterocycles. The Morgan fingerprint density at radius 1 is 0.897 bits per heavy atom. The second-order valence-electron chi connectivity index (χ2n) is 6.94. The van der Waals surface area contributed by atoms with Crippen LogP contribution in [0.1, 0.15) is 39.4 Å². The number of anilines is 1. The first kappa shape index (κ1) is 20.1. The number of carbonyl (C=O) groups is 2. The first-order chi connectivity index (χ1) is 14.0. The molecule has 0 aromatic heterocycles. The second-order valence-corrected chi connectivity index (χ2v) is 6.94. The van der Waals surface area contributed by atoms with Crippen molar-refractivity contribution >= 4 is 17.6 Å². The Morgan fingerprint density at radius 3 is 2.03 bits per heavy atom. The van der Waals surface area contributed by atoms with E-state index in [9.17, 15) is 9.59 Å². The smallest absolute Gasteiger partial charge is 0.319 e. The highest BCUT2D eigenvalue weighted by Crippen LogP contribution is 2.27. The lowest BCUT2D eigenvalue weighted by atomic mass is 9.88. The van der Waals surface area contributed by atoms with Crippen LogP contribution in [0.3, 0.4) is 0 Å². The summed E-state index contributed by atoms with van der Waals surface area (Å²) in [5.74, 6) is -0.334. The van der Waals surface area contributed by atoms with Gasteiger partial charge in [0.2, 0.25) is 5.91 Å². The first-order valence-electron chi connectivity index (χ1n) is 9.60. The molecule has 29 heavy (non-hydrogen) atoms. The molecule has 0 spiro atoms. The van der Waals surface area contributed by atoms with Gasteiger partial charge in [-0.1, -0.05) is 66.7 Å². The van der Waals surface area contributed by atoms with Crippen molar-refractivity contribution in [2.24, 2.45) is 5.73 Å². The van der Waals surface area contributed by atoms with Gasteiger partial charge in [0.25, 0.3) is 0 Å². The summed E-state index contributed by atoms with van der Waals surface area (Å²) in [6.07, 6.45) is 0.766. The van der Waals surface area contributed by atoms with Crippen LogP contribution >= 0.6 is 0 Å². The van der Waals surface area contributed by atoms with Gasteiger partial charge in [0.05, 0.1) is 0 Å². The van der Waals surface area contributed by atoms with Crippen molar-refractivity contribution in [2.45, 2.75) is 19.3 Å². The van der Waals surface area contributed by atoms with Crippen LogP contribution in [0.25, 0.3) is 0 Å². The number of amides is 3. The van der Waals surface area contributed by atoms with Crippen molar-refractivity contribution in [1.29, 1.82) is 0 Å². The molecule has 4 N–H and O–H groups in total. The predicted molar refractivity (Wildman–Crippen MR) is 116 cm³/mol. The molecule has 0 bridgehead atoms. The lowest BCUT2D eigenvalue weighted by Gasteiger charge is -2.19. The topological polar surface area (TPSA) is 84.2 Å². The molecule has 3 amide bonds. The van der Waals surface area contributed by atoms with Crippen LogP contribution in [0, 0.1) is 6.92 Å². The van der Waals surface area contributed by atoms with Crippen LogP contribution in [0.5, 0.6) is 0 Å². The molecule has 5 heteroatoms. The summed E-state index contributed by atoms with van der Waals surface area (Å²) >= 11 is 0. The quantitative estimate of drug-likeness (QED) is 0.560. The molecule has 0 radical (unpaired) electrons. The summed E-state index contributed by atoms with van der Waals surface area (Å²) in [6, 6.07) is 25.2. The zero-order valence-electron chi connectivity index (χ0n) is 16.4. The molecule has 5 nitrogen and oxygen atoms in total. The van der Waals surface area contributed by atoms with Crippen molar-refractivity contribution in [1.82, 2.24) is 5.32 Å². The highest BCUT2D eigenvalue weighted by molar-refractivity contribution is 5.96. The van der Waals surface area contributed by atoms with Crippen molar-refractivity contribution in [3.05, 3.63) is 101 Å². The minimum Gasteiger partial charge on any atom is -0.366 e. The van der Waals surface area contributed by atoms with Gasteiger partial charge in [-0.05, 0) is 42.2 Å². The molecule has 0 atom stereocenters. The van der Waals surface area contributed by atoms with Gasteiger partial charge in [-0.3, -0.25) is 4.79 Å². The Bertz CT molecular complexity index is 932. The summed E-state index contributed by atoms with van der Waals surface area (Å²) < 4.78 is 0.